The number of carboxylic acids is 1. The van der Waals surface area contributed by atoms with Gasteiger partial charge >= 0.3 is 5.97 Å². The number of hydrogen-bond donors (Lipinski definition) is 1. The van der Waals surface area contributed by atoms with Crippen LogP contribution in [-0.2, 0) is 4.79 Å². The van der Waals surface area contributed by atoms with E-state index in [-0.39, 0.29) is 5.41 Å². The Morgan fingerprint density at radius 3 is 2.17 bits per heavy atom. The molecule has 0 aromatic carbocycles. The fourth-order valence-corrected chi connectivity index (χ4v) is 1.00. The van der Waals surface area contributed by atoms with Crippen LogP contribution in [0.4, 0.5) is 0 Å². The highest BCUT2D eigenvalue weighted by molar-refractivity contribution is 5.87. The molecule has 0 fully saturated rings. The molecule has 0 atom stereocenters. The molecule has 0 spiro atoms. The summed E-state index contributed by atoms with van der Waals surface area (Å²) in [5, 5.41) is 8.87. The molecule has 12 heavy (non-hydrogen) atoms. The zero-order valence-corrected chi connectivity index (χ0v) is 8.35. The lowest BCUT2D eigenvalue weighted by Crippen LogP contribution is -2.17. The summed E-state index contributed by atoms with van der Waals surface area (Å²) < 4.78 is 0. The molecule has 0 saturated heterocycles. The average Bonchev–Trinajstić information content (AvgIpc) is 1.84. The summed E-state index contributed by atoms with van der Waals surface area (Å²) in [6.07, 6.45) is 3.66. The zero-order chi connectivity index (χ0) is 9.78. The van der Waals surface area contributed by atoms with E-state index >= 15 is 0 Å². The predicted octanol–water partition coefficient (Wildman–Crippen LogP) is 2.84. The normalized spacial score (nSPS) is 13.2. The molecular formula is C10H18O2. The quantitative estimate of drug-likeness (QED) is 0.661. The Balaban J connectivity index is 4.56. The lowest BCUT2D eigenvalue weighted by Gasteiger charge is -2.19. The van der Waals surface area contributed by atoms with Gasteiger partial charge in [0.2, 0.25) is 0 Å². The molecule has 2 heteroatoms. The molecule has 0 amide bonds. The summed E-state index contributed by atoms with van der Waals surface area (Å²) in [7, 11) is 0. The Bertz CT molecular complexity index is 185. The summed E-state index contributed by atoms with van der Waals surface area (Å²) >= 11 is 0. The van der Waals surface area contributed by atoms with Crippen molar-refractivity contribution in [3.05, 3.63) is 11.6 Å². The van der Waals surface area contributed by atoms with Crippen LogP contribution in [0.15, 0.2) is 11.6 Å². The lowest BCUT2D eigenvalue weighted by molar-refractivity contribution is -0.133. The number of unbranched alkanes of at least 4 members (excludes halogenated alkanes) is 1. The van der Waals surface area contributed by atoms with E-state index in [1.165, 1.54) is 0 Å². The van der Waals surface area contributed by atoms with E-state index in [0.29, 0.717) is 5.57 Å². The molecule has 0 saturated carbocycles. The van der Waals surface area contributed by atoms with E-state index in [2.05, 4.69) is 0 Å². The molecule has 1 N–H and O–H groups in total. The van der Waals surface area contributed by atoms with E-state index in [9.17, 15) is 4.79 Å². The van der Waals surface area contributed by atoms with Crippen LogP contribution < -0.4 is 0 Å². The van der Waals surface area contributed by atoms with Crippen molar-refractivity contribution in [2.24, 2.45) is 5.41 Å². The predicted molar refractivity (Wildman–Crippen MR) is 50.1 cm³/mol. The van der Waals surface area contributed by atoms with E-state index < -0.39 is 5.97 Å². The molecule has 0 rings (SSSR count). The second kappa shape index (κ2) is 4.29. The van der Waals surface area contributed by atoms with Crippen molar-refractivity contribution in [2.75, 3.05) is 0 Å². The van der Waals surface area contributed by atoms with Crippen LogP contribution in [0.1, 0.15) is 40.5 Å². The fourth-order valence-electron chi connectivity index (χ4n) is 1.00. The smallest absolute Gasteiger partial charge is 0.331 e. The first kappa shape index (κ1) is 11.2. The fraction of sp³-hybridized carbons (Fsp3) is 0.700. The average molecular weight is 170 g/mol. The molecule has 0 aliphatic carbocycles. The minimum absolute atomic E-state index is 0.249. The molecule has 0 aliphatic rings. The minimum Gasteiger partial charge on any atom is -0.478 e. The number of hydrogen-bond acceptors (Lipinski definition) is 1. The van der Waals surface area contributed by atoms with Gasteiger partial charge in [-0.05, 0) is 11.8 Å². The maximum absolute atomic E-state index is 10.8. The Labute approximate surface area is 74.3 Å². The van der Waals surface area contributed by atoms with Gasteiger partial charge in [-0.15, -0.1) is 0 Å². The maximum atomic E-state index is 10.8. The number of rotatable bonds is 3. The van der Waals surface area contributed by atoms with E-state index in [1.54, 1.807) is 0 Å². The highest BCUT2D eigenvalue weighted by Crippen LogP contribution is 2.25. The van der Waals surface area contributed by atoms with Gasteiger partial charge in [-0.3, -0.25) is 0 Å². The summed E-state index contributed by atoms with van der Waals surface area (Å²) in [6, 6.07) is 0. The van der Waals surface area contributed by atoms with Crippen molar-refractivity contribution in [1.29, 1.82) is 0 Å². The van der Waals surface area contributed by atoms with Gasteiger partial charge in [-0.25, -0.2) is 4.79 Å². The molecule has 0 bridgehead atoms. The first-order chi connectivity index (χ1) is 5.39. The molecule has 0 radical (unpaired) electrons. The molecule has 0 aromatic rings. The number of aliphatic carboxylic acids is 1. The van der Waals surface area contributed by atoms with Crippen molar-refractivity contribution < 1.29 is 9.90 Å². The Morgan fingerprint density at radius 2 is 1.92 bits per heavy atom. The summed E-state index contributed by atoms with van der Waals surface area (Å²) in [6.45, 7) is 7.80. The van der Waals surface area contributed by atoms with E-state index in [1.807, 2.05) is 33.8 Å². The monoisotopic (exact) mass is 170 g/mol. The van der Waals surface area contributed by atoms with Crippen molar-refractivity contribution in [2.45, 2.75) is 40.5 Å². The van der Waals surface area contributed by atoms with Gasteiger partial charge in [0.25, 0.3) is 0 Å². The van der Waals surface area contributed by atoms with E-state index in [4.69, 9.17) is 5.11 Å². The Hall–Kier alpha value is -0.790. The second-order valence-corrected chi connectivity index (χ2v) is 3.96. The summed E-state index contributed by atoms with van der Waals surface area (Å²) in [5.41, 5.74) is 0.269. The molecule has 0 unspecified atom stereocenters. The Morgan fingerprint density at radius 1 is 1.42 bits per heavy atom. The summed E-state index contributed by atoms with van der Waals surface area (Å²) in [4.78, 5) is 10.8. The standard InChI is InChI=1S/C10H18O2/c1-5-6-7-8(9(11)12)10(2,3)4/h7H,5-6H2,1-4H3,(H,11,12). The first-order valence-electron chi connectivity index (χ1n) is 4.33. The van der Waals surface area contributed by atoms with Crippen LogP contribution >= 0.6 is 0 Å². The van der Waals surface area contributed by atoms with Gasteiger partial charge in [0.05, 0.1) is 0 Å². The van der Waals surface area contributed by atoms with Crippen molar-refractivity contribution in [1.82, 2.24) is 0 Å². The molecular weight excluding hydrogens is 152 g/mol. The highest BCUT2D eigenvalue weighted by atomic mass is 16.4. The van der Waals surface area contributed by atoms with Crippen LogP contribution in [-0.4, -0.2) is 11.1 Å². The van der Waals surface area contributed by atoms with Crippen molar-refractivity contribution >= 4 is 5.97 Å². The largest absolute Gasteiger partial charge is 0.478 e. The van der Waals surface area contributed by atoms with Crippen molar-refractivity contribution in [3.8, 4) is 0 Å². The van der Waals surface area contributed by atoms with E-state index in [0.717, 1.165) is 12.8 Å². The van der Waals surface area contributed by atoms with Gasteiger partial charge in [-0.1, -0.05) is 40.2 Å². The number of allylic oxidation sites excluding steroid dienone is 1. The first-order valence-corrected chi connectivity index (χ1v) is 4.33. The topological polar surface area (TPSA) is 37.3 Å². The van der Waals surface area contributed by atoms with Crippen LogP contribution in [0.5, 0.6) is 0 Å². The van der Waals surface area contributed by atoms with Gasteiger partial charge in [-0.2, -0.15) is 0 Å². The molecule has 2 nitrogen and oxygen atoms in total. The third kappa shape index (κ3) is 3.56. The van der Waals surface area contributed by atoms with Gasteiger partial charge in [0.15, 0.2) is 0 Å². The highest BCUT2D eigenvalue weighted by Gasteiger charge is 2.22. The third-order valence-corrected chi connectivity index (χ3v) is 1.68. The van der Waals surface area contributed by atoms with Crippen molar-refractivity contribution in [3.63, 3.8) is 0 Å². The van der Waals surface area contributed by atoms with Gasteiger partial charge in [0, 0.05) is 5.57 Å². The molecule has 0 heterocycles. The van der Waals surface area contributed by atoms with Gasteiger partial charge < -0.3 is 5.11 Å². The number of carboxylic acid groups (broad SMARTS) is 1. The summed E-state index contributed by atoms with van der Waals surface area (Å²) in [5.74, 6) is -0.795. The van der Waals surface area contributed by atoms with Crippen LogP contribution in [0.25, 0.3) is 0 Å². The maximum Gasteiger partial charge on any atom is 0.331 e. The van der Waals surface area contributed by atoms with Gasteiger partial charge in [0.1, 0.15) is 0 Å². The Kier molecular flexibility index (Phi) is 4.01. The SMILES string of the molecule is CCCC=C(C(=O)O)C(C)(C)C. The van der Waals surface area contributed by atoms with Crippen LogP contribution in [0.2, 0.25) is 0 Å². The van der Waals surface area contributed by atoms with Crippen LogP contribution in [0.3, 0.4) is 0 Å². The zero-order valence-electron chi connectivity index (χ0n) is 8.35. The third-order valence-electron chi connectivity index (χ3n) is 1.68. The lowest BCUT2D eigenvalue weighted by atomic mass is 9.86. The molecule has 70 valence electrons. The van der Waals surface area contributed by atoms with Crippen LogP contribution in [0, 0.1) is 5.41 Å². The number of carbonyl (C=O) groups is 1. The molecule has 0 aliphatic heterocycles. The molecule has 0 aromatic heterocycles. The second-order valence-electron chi connectivity index (χ2n) is 3.96. The minimum atomic E-state index is -0.795.